The first-order valence-corrected chi connectivity index (χ1v) is 10.6. The molecule has 1 amide bonds. The highest BCUT2D eigenvalue weighted by atomic mass is 16.5. The van der Waals surface area contributed by atoms with E-state index in [1.165, 1.54) is 5.56 Å². The molecule has 0 spiro atoms. The zero-order chi connectivity index (χ0) is 22.0. The number of hydrazone groups is 1. The molecule has 3 aromatic rings. The van der Waals surface area contributed by atoms with E-state index >= 15 is 0 Å². The van der Waals surface area contributed by atoms with E-state index in [9.17, 15) is 4.79 Å². The summed E-state index contributed by atoms with van der Waals surface area (Å²) in [6.45, 7) is 6.50. The molecule has 1 heterocycles. The van der Waals surface area contributed by atoms with Crippen molar-refractivity contribution in [3.8, 4) is 5.75 Å². The van der Waals surface area contributed by atoms with Crippen LogP contribution < -0.4 is 4.74 Å². The van der Waals surface area contributed by atoms with Crippen LogP contribution in [-0.2, 0) is 5.41 Å². The van der Waals surface area contributed by atoms with E-state index < -0.39 is 0 Å². The molecular formula is C27H28N2O2. The Bertz CT molecular complexity index is 1080. The fourth-order valence-corrected chi connectivity index (χ4v) is 3.83. The first kappa shape index (κ1) is 20.9. The van der Waals surface area contributed by atoms with Crippen LogP contribution in [0.5, 0.6) is 5.75 Å². The van der Waals surface area contributed by atoms with Crippen LogP contribution in [0.2, 0.25) is 0 Å². The number of benzene rings is 3. The van der Waals surface area contributed by atoms with Gasteiger partial charge in [-0.25, -0.2) is 5.01 Å². The Morgan fingerprint density at radius 2 is 1.58 bits per heavy atom. The standard InChI is InChI=1S/C27H28N2O2/c1-27(2,3)22-14-10-21(11-15-22)26(30)29-25(20-12-16-23(31-4)17-13-20)18-24(28-29)19-8-6-5-7-9-19/h5-17,25H,18H2,1-4H3/t25-/m1/s1. The first-order chi connectivity index (χ1) is 14.9. The number of methoxy groups -OCH3 is 1. The Hall–Kier alpha value is -3.40. The highest BCUT2D eigenvalue weighted by Gasteiger charge is 2.33. The lowest BCUT2D eigenvalue weighted by atomic mass is 9.86. The largest absolute Gasteiger partial charge is 0.497 e. The average molecular weight is 413 g/mol. The van der Waals surface area contributed by atoms with Gasteiger partial charge >= 0.3 is 0 Å². The summed E-state index contributed by atoms with van der Waals surface area (Å²) in [4.78, 5) is 13.5. The van der Waals surface area contributed by atoms with Gasteiger partial charge in [-0.3, -0.25) is 4.79 Å². The van der Waals surface area contributed by atoms with Gasteiger partial charge in [-0.1, -0.05) is 75.4 Å². The zero-order valence-corrected chi connectivity index (χ0v) is 18.5. The number of nitrogens with zero attached hydrogens (tertiary/aromatic N) is 2. The van der Waals surface area contributed by atoms with Crippen molar-refractivity contribution in [3.05, 3.63) is 101 Å². The molecule has 4 nitrogen and oxygen atoms in total. The van der Waals surface area contributed by atoms with E-state index in [-0.39, 0.29) is 17.4 Å². The maximum Gasteiger partial charge on any atom is 0.274 e. The van der Waals surface area contributed by atoms with Crippen LogP contribution in [0.3, 0.4) is 0 Å². The van der Waals surface area contributed by atoms with Crippen molar-refractivity contribution in [2.24, 2.45) is 5.10 Å². The second kappa shape index (κ2) is 8.38. The van der Waals surface area contributed by atoms with Crippen molar-refractivity contribution >= 4 is 11.6 Å². The quantitative estimate of drug-likeness (QED) is 0.529. The molecule has 4 heteroatoms. The molecule has 31 heavy (non-hydrogen) atoms. The molecule has 1 aliphatic rings. The predicted octanol–water partition coefficient (Wildman–Crippen LogP) is 5.98. The smallest absolute Gasteiger partial charge is 0.274 e. The monoisotopic (exact) mass is 412 g/mol. The van der Waals surface area contributed by atoms with Gasteiger partial charge in [-0.2, -0.15) is 5.10 Å². The van der Waals surface area contributed by atoms with Crippen molar-refractivity contribution in [2.45, 2.75) is 38.6 Å². The topological polar surface area (TPSA) is 41.9 Å². The molecule has 0 bridgehead atoms. The number of carbonyl (C=O) groups is 1. The third-order valence-electron chi connectivity index (χ3n) is 5.72. The fraction of sp³-hybridized carbons (Fsp3) is 0.259. The van der Waals surface area contributed by atoms with Crippen molar-refractivity contribution in [3.63, 3.8) is 0 Å². The molecule has 1 aliphatic heterocycles. The van der Waals surface area contributed by atoms with Crippen LogP contribution in [0, 0.1) is 0 Å². The Morgan fingerprint density at radius 3 is 2.16 bits per heavy atom. The number of hydrogen-bond donors (Lipinski definition) is 0. The van der Waals surface area contributed by atoms with Gasteiger partial charge in [0.25, 0.3) is 5.91 Å². The van der Waals surface area contributed by atoms with Gasteiger partial charge in [0.05, 0.1) is 18.9 Å². The third-order valence-corrected chi connectivity index (χ3v) is 5.72. The van der Waals surface area contributed by atoms with Gasteiger partial charge in [0.1, 0.15) is 5.75 Å². The lowest BCUT2D eigenvalue weighted by Gasteiger charge is -2.23. The fourth-order valence-electron chi connectivity index (χ4n) is 3.83. The summed E-state index contributed by atoms with van der Waals surface area (Å²) in [5.74, 6) is 0.703. The maximum atomic E-state index is 13.5. The van der Waals surface area contributed by atoms with Crippen LogP contribution in [-0.4, -0.2) is 23.7 Å². The minimum absolute atomic E-state index is 0.0412. The predicted molar refractivity (Wildman–Crippen MR) is 125 cm³/mol. The molecule has 0 fully saturated rings. The van der Waals surface area contributed by atoms with Crippen LogP contribution in [0.1, 0.15) is 60.3 Å². The second-order valence-electron chi connectivity index (χ2n) is 8.88. The van der Waals surface area contributed by atoms with Crippen molar-refractivity contribution in [2.75, 3.05) is 7.11 Å². The summed E-state index contributed by atoms with van der Waals surface area (Å²) >= 11 is 0. The summed E-state index contributed by atoms with van der Waals surface area (Å²) < 4.78 is 5.30. The van der Waals surface area contributed by atoms with Gasteiger partial charge < -0.3 is 4.74 Å². The van der Waals surface area contributed by atoms with Gasteiger partial charge in [0.15, 0.2) is 0 Å². The number of hydrogen-bond acceptors (Lipinski definition) is 3. The average Bonchev–Trinajstić information content (AvgIpc) is 3.24. The van der Waals surface area contributed by atoms with E-state index in [2.05, 4.69) is 20.8 Å². The molecule has 0 aromatic heterocycles. The molecule has 0 N–H and O–H groups in total. The second-order valence-corrected chi connectivity index (χ2v) is 8.88. The van der Waals surface area contributed by atoms with E-state index in [0.29, 0.717) is 12.0 Å². The molecule has 4 rings (SSSR count). The first-order valence-electron chi connectivity index (χ1n) is 10.6. The van der Waals surface area contributed by atoms with Gasteiger partial charge in [0.2, 0.25) is 0 Å². The Morgan fingerprint density at radius 1 is 0.935 bits per heavy atom. The lowest BCUT2D eigenvalue weighted by molar-refractivity contribution is 0.0711. The highest BCUT2D eigenvalue weighted by Crippen LogP contribution is 2.35. The number of rotatable bonds is 4. The molecule has 0 unspecified atom stereocenters. The highest BCUT2D eigenvalue weighted by molar-refractivity contribution is 6.05. The van der Waals surface area contributed by atoms with Crippen LogP contribution in [0.25, 0.3) is 0 Å². The normalized spacial score (nSPS) is 16.2. The summed E-state index contributed by atoms with van der Waals surface area (Å²) in [6, 6.07) is 25.7. The molecule has 0 aliphatic carbocycles. The van der Waals surface area contributed by atoms with E-state index in [1.54, 1.807) is 12.1 Å². The minimum atomic E-state index is -0.157. The summed E-state index contributed by atoms with van der Waals surface area (Å²) in [7, 11) is 1.65. The lowest BCUT2D eigenvalue weighted by Crippen LogP contribution is -2.27. The van der Waals surface area contributed by atoms with Gasteiger partial charge in [-0.15, -0.1) is 0 Å². The summed E-state index contributed by atoms with van der Waals surface area (Å²) in [5, 5.41) is 6.41. The zero-order valence-electron chi connectivity index (χ0n) is 18.5. The molecule has 158 valence electrons. The Balaban J connectivity index is 1.69. The summed E-state index contributed by atoms with van der Waals surface area (Å²) in [5.41, 5.74) is 4.88. The molecule has 3 aromatic carbocycles. The molecule has 0 saturated carbocycles. The van der Waals surface area contributed by atoms with E-state index in [0.717, 1.165) is 22.6 Å². The van der Waals surface area contributed by atoms with E-state index in [1.807, 2.05) is 78.9 Å². The number of amides is 1. The van der Waals surface area contributed by atoms with Crippen molar-refractivity contribution in [1.82, 2.24) is 5.01 Å². The molecule has 0 saturated heterocycles. The Kier molecular flexibility index (Phi) is 5.64. The van der Waals surface area contributed by atoms with Crippen molar-refractivity contribution < 1.29 is 9.53 Å². The van der Waals surface area contributed by atoms with Crippen LogP contribution in [0.4, 0.5) is 0 Å². The van der Waals surface area contributed by atoms with Crippen LogP contribution in [0.15, 0.2) is 84.0 Å². The van der Waals surface area contributed by atoms with Crippen LogP contribution >= 0.6 is 0 Å². The number of ether oxygens (including phenoxy) is 1. The molecule has 0 radical (unpaired) electrons. The van der Waals surface area contributed by atoms with Gasteiger partial charge in [-0.05, 0) is 46.4 Å². The maximum absolute atomic E-state index is 13.5. The SMILES string of the molecule is COc1ccc([C@H]2CC(c3ccccc3)=NN2C(=O)c2ccc(C(C)(C)C)cc2)cc1. The Labute approximate surface area is 184 Å². The molecular weight excluding hydrogens is 384 g/mol. The van der Waals surface area contributed by atoms with E-state index in [4.69, 9.17) is 9.84 Å². The van der Waals surface area contributed by atoms with Crippen molar-refractivity contribution in [1.29, 1.82) is 0 Å². The number of carbonyl (C=O) groups excluding carboxylic acids is 1. The molecule has 1 atom stereocenters. The third kappa shape index (κ3) is 4.38. The minimum Gasteiger partial charge on any atom is -0.497 e. The van der Waals surface area contributed by atoms with Gasteiger partial charge in [0, 0.05) is 12.0 Å². The summed E-state index contributed by atoms with van der Waals surface area (Å²) in [6.07, 6.45) is 0.669.